The molecular weight excluding hydrogens is 214 g/mol. The second kappa shape index (κ2) is 4.39. The number of nitrogens with zero attached hydrogens (tertiary/aromatic N) is 1. The van der Waals surface area contributed by atoms with Gasteiger partial charge in [0.2, 0.25) is 10.0 Å². The van der Waals surface area contributed by atoms with Gasteiger partial charge in [-0.1, -0.05) is 0 Å². The Kier molecular flexibility index (Phi) is 3.33. The maximum atomic E-state index is 12.0. The SMILES string of the molecule is O=S(=O)(C1CC1)N1CCCC(CCO)C1. The lowest BCUT2D eigenvalue weighted by Crippen LogP contribution is -2.41. The predicted octanol–water partition coefficient (Wildman–Crippen LogP) is 0.573. The number of sulfonamides is 1. The Bertz CT molecular complexity index is 309. The van der Waals surface area contributed by atoms with Gasteiger partial charge < -0.3 is 5.11 Å². The van der Waals surface area contributed by atoms with Gasteiger partial charge >= 0.3 is 0 Å². The molecule has 1 heterocycles. The molecular formula is C10H19NO3S. The van der Waals surface area contributed by atoms with E-state index in [9.17, 15) is 8.42 Å². The van der Waals surface area contributed by atoms with E-state index in [-0.39, 0.29) is 11.9 Å². The Balaban J connectivity index is 1.97. The first-order valence-corrected chi connectivity index (χ1v) is 7.24. The van der Waals surface area contributed by atoms with Crippen LogP contribution in [0.3, 0.4) is 0 Å². The van der Waals surface area contributed by atoms with Crippen LogP contribution >= 0.6 is 0 Å². The summed E-state index contributed by atoms with van der Waals surface area (Å²) in [7, 11) is -2.99. The standard InChI is InChI=1S/C10H19NO3S/c12-7-5-9-2-1-6-11(8-9)15(13,14)10-3-4-10/h9-10,12H,1-8H2. The molecule has 0 aromatic rings. The number of rotatable bonds is 4. The lowest BCUT2D eigenvalue weighted by Gasteiger charge is -2.31. The molecule has 2 rings (SSSR count). The predicted molar refractivity (Wildman–Crippen MR) is 57.9 cm³/mol. The zero-order valence-electron chi connectivity index (χ0n) is 8.93. The molecule has 1 unspecified atom stereocenters. The first kappa shape index (κ1) is 11.4. The van der Waals surface area contributed by atoms with E-state index in [0.29, 0.717) is 19.0 Å². The fraction of sp³-hybridized carbons (Fsp3) is 1.00. The summed E-state index contributed by atoms with van der Waals surface area (Å²) >= 11 is 0. The zero-order valence-corrected chi connectivity index (χ0v) is 9.75. The topological polar surface area (TPSA) is 57.6 Å². The number of aliphatic hydroxyl groups excluding tert-OH is 1. The molecule has 1 N–H and O–H groups in total. The lowest BCUT2D eigenvalue weighted by atomic mass is 9.97. The van der Waals surface area contributed by atoms with Crippen LogP contribution < -0.4 is 0 Å². The molecule has 0 spiro atoms. The monoisotopic (exact) mass is 233 g/mol. The zero-order chi connectivity index (χ0) is 10.9. The van der Waals surface area contributed by atoms with Crippen LogP contribution in [0.25, 0.3) is 0 Å². The quantitative estimate of drug-likeness (QED) is 0.772. The van der Waals surface area contributed by atoms with Crippen LogP contribution in [0, 0.1) is 5.92 Å². The maximum absolute atomic E-state index is 12.0. The summed E-state index contributed by atoms with van der Waals surface area (Å²) in [6, 6.07) is 0. The van der Waals surface area contributed by atoms with E-state index in [1.807, 2.05) is 0 Å². The fourth-order valence-electron chi connectivity index (χ4n) is 2.25. The van der Waals surface area contributed by atoms with Crippen molar-refractivity contribution >= 4 is 10.0 Å². The van der Waals surface area contributed by atoms with E-state index < -0.39 is 10.0 Å². The largest absolute Gasteiger partial charge is 0.396 e. The molecule has 1 aliphatic carbocycles. The maximum Gasteiger partial charge on any atom is 0.216 e. The van der Waals surface area contributed by atoms with Crippen molar-refractivity contribution in [3.8, 4) is 0 Å². The van der Waals surface area contributed by atoms with Gasteiger partial charge in [-0.15, -0.1) is 0 Å². The van der Waals surface area contributed by atoms with Crippen LogP contribution in [0.1, 0.15) is 32.1 Å². The van der Waals surface area contributed by atoms with Crippen molar-refractivity contribution in [3.05, 3.63) is 0 Å². The van der Waals surface area contributed by atoms with Crippen LogP contribution in [0.15, 0.2) is 0 Å². The molecule has 2 aliphatic rings. The molecule has 5 heteroatoms. The molecule has 0 aromatic carbocycles. The summed E-state index contributed by atoms with van der Waals surface area (Å²) in [5.41, 5.74) is 0. The van der Waals surface area contributed by atoms with E-state index in [4.69, 9.17) is 5.11 Å². The fourth-order valence-corrected chi connectivity index (χ4v) is 4.21. The number of hydrogen-bond acceptors (Lipinski definition) is 3. The number of aliphatic hydroxyl groups is 1. The Morgan fingerprint density at radius 1 is 1.27 bits per heavy atom. The van der Waals surface area contributed by atoms with Crippen molar-refractivity contribution in [3.63, 3.8) is 0 Å². The van der Waals surface area contributed by atoms with E-state index in [1.165, 1.54) is 0 Å². The molecule has 2 fully saturated rings. The van der Waals surface area contributed by atoms with Gasteiger partial charge in [0.25, 0.3) is 0 Å². The Hall–Kier alpha value is -0.130. The summed E-state index contributed by atoms with van der Waals surface area (Å²) in [4.78, 5) is 0. The normalized spacial score (nSPS) is 29.3. The van der Waals surface area contributed by atoms with E-state index in [1.54, 1.807) is 4.31 Å². The molecule has 0 amide bonds. The highest BCUT2D eigenvalue weighted by molar-refractivity contribution is 7.90. The first-order valence-electron chi connectivity index (χ1n) is 5.74. The van der Waals surface area contributed by atoms with Crippen molar-refractivity contribution in [1.29, 1.82) is 0 Å². The van der Waals surface area contributed by atoms with Gasteiger partial charge in [-0.05, 0) is 38.0 Å². The van der Waals surface area contributed by atoms with Gasteiger partial charge in [-0.3, -0.25) is 0 Å². The highest BCUT2D eigenvalue weighted by Gasteiger charge is 2.41. The summed E-state index contributed by atoms with van der Waals surface area (Å²) in [6.07, 6.45) is 4.40. The third-order valence-corrected chi connectivity index (χ3v) is 5.69. The highest BCUT2D eigenvalue weighted by atomic mass is 32.2. The Morgan fingerprint density at radius 2 is 2.00 bits per heavy atom. The molecule has 0 radical (unpaired) electrons. The molecule has 1 atom stereocenters. The van der Waals surface area contributed by atoms with Crippen LogP contribution in [-0.4, -0.2) is 42.8 Å². The second-order valence-electron chi connectivity index (χ2n) is 4.62. The first-order chi connectivity index (χ1) is 7.14. The molecule has 15 heavy (non-hydrogen) atoms. The molecule has 4 nitrogen and oxygen atoms in total. The molecule has 1 saturated heterocycles. The van der Waals surface area contributed by atoms with E-state index in [0.717, 1.165) is 32.1 Å². The second-order valence-corrected chi connectivity index (χ2v) is 6.84. The number of piperidine rings is 1. The van der Waals surface area contributed by atoms with Gasteiger partial charge in [0.05, 0.1) is 5.25 Å². The minimum Gasteiger partial charge on any atom is -0.396 e. The molecule has 0 aromatic heterocycles. The highest BCUT2D eigenvalue weighted by Crippen LogP contribution is 2.33. The van der Waals surface area contributed by atoms with E-state index >= 15 is 0 Å². The van der Waals surface area contributed by atoms with Gasteiger partial charge in [0, 0.05) is 19.7 Å². The molecule has 88 valence electrons. The van der Waals surface area contributed by atoms with Crippen molar-refractivity contribution < 1.29 is 13.5 Å². The summed E-state index contributed by atoms with van der Waals surface area (Å²) < 4.78 is 25.6. The van der Waals surface area contributed by atoms with Crippen LogP contribution in [0.4, 0.5) is 0 Å². The molecule has 1 saturated carbocycles. The third-order valence-electron chi connectivity index (χ3n) is 3.32. The lowest BCUT2D eigenvalue weighted by molar-refractivity contribution is 0.202. The third kappa shape index (κ3) is 2.52. The van der Waals surface area contributed by atoms with Crippen LogP contribution in [0.5, 0.6) is 0 Å². The summed E-state index contributed by atoms with van der Waals surface area (Å²) in [6.45, 7) is 1.47. The molecule has 0 bridgehead atoms. The Morgan fingerprint density at radius 3 is 2.60 bits per heavy atom. The minimum absolute atomic E-state index is 0.0922. The van der Waals surface area contributed by atoms with Gasteiger partial charge in [0.15, 0.2) is 0 Å². The Labute approximate surface area is 91.3 Å². The van der Waals surface area contributed by atoms with Crippen LogP contribution in [0.2, 0.25) is 0 Å². The smallest absolute Gasteiger partial charge is 0.216 e. The average molecular weight is 233 g/mol. The van der Waals surface area contributed by atoms with Crippen LogP contribution in [-0.2, 0) is 10.0 Å². The summed E-state index contributed by atoms with van der Waals surface area (Å²) in [5, 5.41) is 8.77. The van der Waals surface area contributed by atoms with Gasteiger partial charge in [-0.25, -0.2) is 12.7 Å². The van der Waals surface area contributed by atoms with Crippen molar-refractivity contribution in [2.24, 2.45) is 5.92 Å². The van der Waals surface area contributed by atoms with Crippen molar-refractivity contribution in [2.45, 2.75) is 37.4 Å². The van der Waals surface area contributed by atoms with Crippen molar-refractivity contribution in [2.75, 3.05) is 19.7 Å². The van der Waals surface area contributed by atoms with E-state index in [2.05, 4.69) is 0 Å². The minimum atomic E-state index is -2.99. The number of hydrogen-bond donors (Lipinski definition) is 1. The average Bonchev–Trinajstić information content (AvgIpc) is 3.02. The summed E-state index contributed by atoms with van der Waals surface area (Å²) in [5.74, 6) is 0.359. The van der Waals surface area contributed by atoms with Crippen molar-refractivity contribution in [1.82, 2.24) is 4.31 Å². The molecule has 1 aliphatic heterocycles. The van der Waals surface area contributed by atoms with Gasteiger partial charge in [-0.2, -0.15) is 0 Å². The van der Waals surface area contributed by atoms with Gasteiger partial charge in [0.1, 0.15) is 0 Å².